The quantitative estimate of drug-likeness (QED) is 0.511. The second-order valence-electron chi connectivity index (χ2n) is 6.52. The smallest absolute Gasteiger partial charge is 0.267 e. The summed E-state index contributed by atoms with van der Waals surface area (Å²) in [4.78, 5) is 19.9. The minimum atomic E-state index is -0.189. The number of hydrogen-bond donors (Lipinski definition) is 0. The molecule has 4 aromatic rings. The van der Waals surface area contributed by atoms with Gasteiger partial charge >= 0.3 is 0 Å². The predicted octanol–water partition coefficient (Wildman–Crippen LogP) is 4.19. The fraction of sp³-hybridized carbons (Fsp3) is 0.190. The van der Waals surface area contributed by atoms with E-state index in [-0.39, 0.29) is 5.91 Å². The number of carbonyl (C=O) groups excluding carboxylic acids is 1. The molecule has 0 aliphatic carbocycles. The van der Waals surface area contributed by atoms with Crippen LogP contribution in [0.1, 0.15) is 21.5 Å². The van der Waals surface area contributed by atoms with E-state index in [0.717, 1.165) is 21.3 Å². The normalized spacial score (nSPS) is 11.0. The van der Waals surface area contributed by atoms with E-state index in [4.69, 9.17) is 9.72 Å². The van der Waals surface area contributed by atoms with Crippen LogP contribution in [0.5, 0.6) is 5.88 Å². The van der Waals surface area contributed by atoms with Crippen LogP contribution >= 0.6 is 11.3 Å². The Labute approximate surface area is 167 Å². The highest BCUT2D eigenvalue weighted by Crippen LogP contribution is 2.33. The number of hydrogen-bond acceptors (Lipinski definition) is 5. The highest BCUT2D eigenvalue weighted by Gasteiger charge is 2.26. The Hall–Kier alpha value is -3.19. The SMILES string of the molecule is COc1nn(C)cc1C(=O)N(Cc1ccccc1)c1nc2c(C)cccc2s1. The van der Waals surface area contributed by atoms with Gasteiger partial charge in [0.25, 0.3) is 5.91 Å². The molecule has 0 spiro atoms. The second kappa shape index (κ2) is 7.44. The van der Waals surface area contributed by atoms with Gasteiger partial charge in [-0.3, -0.25) is 14.4 Å². The van der Waals surface area contributed by atoms with Gasteiger partial charge in [-0.15, -0.1) is 5.10 Å². The maximum Gasteiger partial charge on any atom is 0.267 e. The van der Waals surface area contributed by atoms with E-state index in [0.29, 0.717) is 23.1 Å². The summed E-state index contributed by atoms with van der Waals surface area (Å²) in [7, 11) is 3.28. The molecule has 0 aliphatic heterocycles. The van der Waals surface area contributed by atoms with Crippen molar-refractivity contribution in [2.45, 2.75) is 13.5 Å². The van der Waals surface area contributed by atoms with Crippen molar-refractivity contribution in [2.75, 3.05) is 12.0 Å². The third-order valence-corrected chi connectivity index (χ3v) is 5.53. The summed E-state index contributed by atoms with van der Waals surface area (Å²) in [5, 5.41) is 4.88. The van der Waals surface area contributed by atoms with Gasteiger partial charge in [-0.2, -0.15) is 0 Å². The molecule has 0 atom stereocenters. The number of ether oxygens (including phenoxy) is 1. The van der Waals surface area contributed by atoms with Crippen molar-refractivity contribution >= 4 is 32.6 Å². The largest absolute Gasteiger partial charge is 0.479 e. The number of nitrogens with zero attached hydrogens (tertiary/aromatic N) is 4. The zero-order valence-corrected chi connectivity index (χ0v) is 16.7. The Morgan fingerprint density at radius 3 is 2.68 bits per heavy atom. The average Bonchev–Trinajstić information content (AvgIpc) is 3.30. The first-order valence-electron chi connectivity index (χ1n) is 8.86. The van der Waals surface area contributed by atoms with Crippen LogP contribution < -0.4 is 9.64 Å². The van der Waals surface area contributed by atoms with E-state index in [9.17, 15) is 4.79 Å². The van der Waals surface area contributed by atoms with Crippen LogP contribution in [0.2, 0.25) is 0 Å². The molecular formula is C21H20N4O2S. The molecule has 4 rings (SSSR count). The van der Waals surface area contributed by atoms with Crippen molar-refractivity contribution in [1.82, 2.24) is 14.8 Å². The molecule has 0 radical (unpaired) electrons. The van der Waals surface area contributed by atoms with E-state index < -0.39 is 0 Å². The number of anilines is 1. The Morgan fingerprint density at radius 1 is 1.18 bits per heavy atom. The Bertz CT molecular complexity index is 1130. The van der Waals surface area contributed by atoms with Crippen molar-refractivity contribution in [3.05, 3.63) is 71.4 Å². The summed E-state index contributed by atoms with van der Waals surface area (Å²) in [5.41, 5.74) is 3.45. The molecule has 2 aromatic heterocycles. The molecule has 0 saturated carbocycles. The van der Waals surface area contributed by atoms with E-state index in [2.05, 4.69) is 5.10 Å². The summed E-state index contributed by atoms with van der Waals surface area (Å²) in [6.07, 6.45) is 1.68. The van der Waals surface area contributed by atoms with Crippen LogP contribution in [-0.4, -0.2) is 27.8 Å². The number of aromatic nitrogens is 3. The van der Waals surface area contributed by atoms with Crippen LogP contribution in [0.4, 0.5) is 5.13 Å². The molecule has 0 N–H and O–H groups in total. The van der Waals surface area contributed by atoms with E-state index >= 15 is 0 Å². The van der Waals surface area contributed by atoms with Crippen molar-refractivity contribution < 1.29 is 9.53 Å². The van der Waals surface area contributed by atoms with Gasteiger partial charge in [-0.05, 0) is 24.1 Å². The molecule has 142 valence electrons. The van der Waals surface area contributed by atoms with Crippen LogP contribution in [-0.2, 0) is 13.6 Å². The first-order valence-corrected chi connectivity index (χ1v) is 9.68. The van der Waals surface area contributed by atoms with Crippen LogP contribution in [0, 0.1) is 6.92 Å². The molecule has 1 amide bonds. The van der Waals surface area contributed by atoms with Crippen molar-refractivity contribution in [3.8, 4) is 5.88 Å². The van der Waals surface area contributed by atoms with E-state index in [1.54, 1.807) is 22.8 Å². The number of thiazole rings is 1. The molecule has 28 heavy (non-hydrogen) atoms. The Balaban J connectivity index is 1.81. The van der Waals surface area contributed by atoms with Crippen molar-refractivity contribution in [1.29, 1.82) is 0 Å². The summed E-state index contributed by atoms with van der Waals surface area (Å²) < 4.78 is 7.94. The highest BCUT2D eigenvalue weighted by atomic mass is 32.1. The number of fused-ring (bicyclic) bond motifs is 1. The van der Waals surface area contributed by atoms with Crippen molar-refractivity contribution in [3.63, 3.8) is 0 Å². The summed E-state index contributed by atoms with van der Waals surface area (Å²) >= 11 is 1.51. The van der Waals surface area contributed by atoms with E-state index in [1.807, 2.05) is 55.5 Å². The number of carbonyl (C=O) groups is 1. The topological polar surface area (TPSA) is 60.3 Å². The molecule has 2 heterocycles. The molecule has 2 aromatic carbocycles. The minimum absolute atomic E-state index is 0.189. The van der Waals surface area contributed by atoms with Crippen LogP contribution in [0.25, 0.3) is 10.2 Å². The monoisotopic (exact) mass is 392 g/mol. The first kappa shape index (κ1) is 18.2. The average molecular weight is 392 g/mol. The molecule has 0 unspecified atom stereocenters. The van der Waals surface area contributed by atoms with Gasteiger partial charge in [0.1, 0.15) is 5.56 Å². The zero-order chi connectivity index (χ0) is 19.7. The van der Waals surface area contributed by atoms with Gasteiger partial charge in [0.15, 0.2) is 5.13 Å². The number of benzene rings is 2. The Kier molecular flexibility index (Phi) is 4.83. The van der Waals surface area contributed by atoms with Gasteiger partial charge < -0.3 is 4.74 Å². The van der Waals surface area contributed by atoms with Gasteiger partial charge in [0, 0.05) is 13.2 Å². The fourth-order valence-corrected chi connectivity index (χ4v) is 4.13. The van der Waals surface area contributed by atoms with Gasteiger partial charge in [0.2, 0.25) is 5.88 Å². The maximum atomic E-state index is 13.5. The lowest BCUT2D eigenvalue weighted by molar-refractivity contribution is 0.0982. The van der Waals surface area contributed by atoms with Crippen molar-refractivity contribution in [2.24, 2.45) is 7.05 Å². The third kappa shape index (κ3) is 3.36. The molecule has 7 heteroatoms. The number of para-hydroxylation sites is 1. The Morgan fingerprint density at radius 2 is 1.96 bits per heavy atom. The van der Waals surface area contributed by atoms with Gasteiger partial charge in [-0.25, -0.2) is 4.98 Å². The molecule has 0 saturated heterocycles. The summed E-state index contributed by atoms with van der Waals surface area (Å²) in [6.45, 7) is 2.44. The lowest BCUT2D eigenvalue weighted by atomic mass is 10.2. The fourth-order valence-electron chi connectivity index (χ4n) is 3.09. The lowest BCUT2D eigenvalue weighted by Crippen LogP contribution is -2.30. The highest BCUT2D eigenvalue weighted by molar-refractivity contribution is 7.22. The second-order valence-corrected chi connectivity index (χ2v) is 7.53. The molecule has 0 fully saturated rings. The molecule has 0 aliphatic rings. The maximum absolute atomic E-state index is 13.5. The molecule has 6 nitrogen and oxygen atoms in total. The predicted molar refractivity (Wildman–Crippen MR) is 111 cm³/mol. The first-order chi connectivity index (χ1) is 13.6. The van der Waals surface area contributed by atoms with Gasteiger partial charge in [-0.1, -0.05) is 53.8 Å². The summed E-state index contributed by atoms with van der Waals surface area (Å²) in [6, 6.07) is 15.9. The van der Waals surface area contributed by atoms with Crippen LogP contribution in [0.15, 0.2) is 54.7 Å². The van der Waals surface area contributed by atoms with Crippen LogP contribution in [0.3, 0.4) is 0 Å². The minimum Gasteiger partial charge on any atom is -0.479 e. The number of methoxy groups -OCH3 is 1. The standard InChI is InChI=1S/C21H20N4O2S/c1-14-8-7-11-17-18(14)22-21(28-17)25(12-15-9-5-4-6-10-15)20(26)16-13-24(2)23-19(16)27-3/h4-11,13H,12H2,1-3H3. The molecular weight excluding hydrogens is 372 g/mol. The lowest BCUT2D eigenvalue weighted by Gasteiger charge is -2.19. The molecule has 0 bridgehead atoms. The van der Waals surface area contributed by atoms with Gasteiger partial charge in [0.05, 0.1) is 23.9 Å². The number of aryl methyl sites for hydroxylation is 2. The zero-order valence-electron chi connectivity index (χ0n) is 15.9. The number of amides is 1. The summed E-state index contributed by atoms with van der Waals surface area (Å²) in [5.74, 6) is 0.119. The van der Waals surface area contributed by atoms with E-state index in [1.165, 1.54) is 18.4 Å². The number of rotatable bonds is 5. The third-order valence-electron chi connectivity index (χ3n) is 4.49.